The number of alkyl halides is 3. The fourth-order valence-corrected chi connectivity index (χ4v) is 2.04. The van der Waals surface area contributed by atoms with E-state index in [1.54, 1.807) is 6.92 Å². The van der Waals surface area contributed by atoms with Gasteiger partial charge in [-0.1, -0.05) is 6.07 Å². The van der Waals surface area contributed by atoms with E-state index in [0.717, 1.165) is 12.1 Å². The molecule has 2 heterocycles. The number of benzene rings is 1. The lowest BCUT2D eigenvalue weighted by molar-refractivity contribution is -0.137. The van der Waals surface area contributed by atoms with E-state index < -0.39 is 17.6 Å². The first-order valence-corrected chi connectivity index (χ1v) is 6.50. The minimum absolute atomic E-state index is 0.0444. The van der Waals surface area contributed by atoms with Gasteiger partial charge in [0.1, 0.15) is 6.33 Å². The molecule has 2 aromatic heterocycles. The highest BCUT2D eigenvalue weighted by Crippen LogP contribution is 2.30. The van der Waals surface area contributed by atoms with Gasteiger partial charge in [0, 0.05) is 11.9 Å². The van der Waals surface area contributed by atoms with Gasteiger partial charge in [0.25, 0.3) is 11.7 Å². The van der Waals surface area contributed by atoms with Crippen molar-refractivity contribution in [2.24, 2.45) is 0 Å². The van der Waals surface area contributed by atoms with Crippen LogP contribution in [0, 0.1) is 6.92 Å². The normalized spacial score (nSPS) is 11.7. The average molecular weight is 321 g/mol. The van der Waals surface area contributed by atoms with Crippen LogP contribution in [0.15, 0.2) is 36.8 Å². The lowest BCUT2D eigenvalue weighted by Crippen LogP contribution is -2.16. The Morgan fingerprint density at radius 3 is 2.83 bits per heavy atom. The van der Waals surface area contributed by atoms with Gasteiger partial charge in [0.2, 0.25) is 0 Å². The van der Waals surface area contributed by atoms with E-state index in [-0.39, 0.29) is 11.3 Å². The quantitative estimate of drug-likeness (QED) is 0.788. The van der Waals surface area contributed by atoms with Crippen LogP contribution >= 0.6 is 0 Å². The smallest absolute Gasteiger partial charge is 0.322 e. The van der Waals surface area contributed by atoms with E-state index in [0.29, 0.717) is 11.5 Å². The molecule has 23 heavy (non-hydrogen) atoms. The monoisotopic (exact) mass is 321 g/mol. The van der Waals surface area contributed by atoms with Crippen molar-refractivity contribution in [1.29, 1.82) is 0 Å². The molecule has 0 spiro atoms. The van der Waals surface area contributed by atoms with Crippen molar-refractivity contribution in [3.8, 4) is 0 Å². The van der Waals surface area contributed by atoms with E-state index >= 15 is 0 Å². The van der Waals surface area contributed by atoms with Crippen molar-refractivity contribution in [2.75, 3.05) is 5.32 Å². The fourth-order valence-electron chi connectivity index (χ4n) is 2.04. The Morgan fingerprint density at radius 1 is 1.30 bits per heavy atom. The van der Waals surface area contributed by atoms with Crippen LogP contribution in [0.2, 0.25) is 0 Å². The van der Waals surface area contributed by atoms with Gasteiger partial charge in [-0.15, -0.1) is 0 Å². The molecule has 0 saturated heterocycles. The van der Waals surface area contributed by atoms with Crippen LogP contribution in [0.25, 0.3) is 5.78 Å². The maximum atomic E-state index is 12.7. The molecule has 9 heteroatoms. The number of halogens is 3. The van der Waals surface area contributed by atoms with E-state index in [1.165, 1.54) is 29.2 Å². The highest BCUT2D eigenvalue weighted by molar-refractivity contribution is 6.04. The molecular weight excluding hydrogens is 311 g/mol. The van der Waals surface area contributed by atoms with Crippen molar-refractivity contribution in [3.63, 3.8) is 0 Å². The summed E-state index contributed by atoms with van der Waals surface area (Å²) in [4.78, 5) is 20.3. The number of hydrogen-bond donors (Lipinski definition) is 1. The number of rotatable bonds is 2. The molecular formula is C14H10F3N5O. The molecule has 6 nitrogen and oxygen atoms in total. The number of hydrogen-bond acceptors (Lipinski definition) is 4. The molecule has 0 unspecified atom stereocenters. The Kier molecular flexibility index (Phi) is 3.47. The number of anilines is 1. The Morgan fingerprint density at radius 2 is 2.09 bits per heavy atom. The van der Waals surface area contributed by atoms with Gasteiger partial charge in [0.05, 0.1) is 16.8 Å². The zero-order chi connectivity index (χ0) is 16.6. The zero-order valence-electron chi connectivity index (χ0n) is 11.8. The summed E-state index contributed by atoms with van der Waals surface area (Å²) in [5, 5.41) is 6.30. The highest BCUT2D eigenvalue weighted by atomic mass is 19.4. The number of carbonyl (C=O) groups excluding carboxylic acids is 1. The summed E-state index contributed by atoms with van der Waals surface area (Å²) >= 11 is 0. The van der Waals surface area contributed by atoms with E-state index in [2.05, 4.69) is 20.4 Å². The number of amides is 1. The molecule has 0 atom stereocenters. The van der Waals surface area contributed by atoms with Crippen LogP contribution in [-0.4, -0.2) is 25.5 Å². The van der Waals surface area contributed by atoms with E-state index in [9.17, 15) is 18.0 Å². The maximum Gasteiger partial charge on any atom is 0.416 e. The maximum absolute atomic E-state index is 12.7. The standard InChI is InChI=1S/C14H10F3N5O/c1-8-11(6-22-13(20-8)18-7-19-22)12(23)21-10-4-2-3-9(5-10)14(15,16)17/h2-7H,1H3,(H,21,23). The van der Waals surface area contributed by atoms with Crippen LogP contribution in [-0.2, 0) is 6.18 Å². The Labute approximate surface area is 128 Å². The van der Waals surface area contributed by atoms with Crippen LogP contribution in [0.3, 0.4) is 0 Å². The SMILES string of the molecule is Cc1nc2ncnn2cc1C(=O)Nc1cccc(C(F)(F)F)c1. The van der Waals surface area contributed by atoms with Crippen molar-refractivity contribution < 1.29 is 18.0 Å². The number of aromatic nitrogens is 4. The average Bonchev–Trinajstić information content (AvgIpc) is 2.92. The molecule has 0 saturated carbocycles. The topological polar surface area (TPSA) is 72.2 Å². The van der Waals surface area contributed by atoms with E-state index in [1.807, 2.05) is 0 Å². The summed E-state index contributed by atoms with van der Waals surface area (Å²) in [6.45, 7) is 1.61. The van der Waals surface area contributed by atoms with Gasteiger partial charge in [-0.05, 0) is 25.1 Å². The molecule has 0 aliphatic heterocycles. The van der Waals surface area contributed by atoms with Crippen molar-refractivity contribution in [3.05, 3.63) is 53.6 Å². The number of carbonyl (C=O) groups is 1. The molecule has 1 amide bonds. The zero-order valence-corrected chi connectivity index (χ0v) is 11.8. The largest absolute Gasteiger partial charge is 0.416 e. The van der Waals surface area contributed by atoms with Crippen LogP contribution in [0.4, 0.5) is 18.9 Å². The fraction of sp³-hybridized carbons (Fsp3) is 0.143. The number of nitrogens with zero attached hydrogens (tertiary/aromatic N) is 4. The second-order valence-corrected chi connectivity index (χ2v) is 4.78. The number of aryl methyl sites for hydroxylation is 1. The third-order valence-electron chi connectivity index (χ3n) is 3.16. The first-order chi connectivity index (χ1) is 10.8. The first kappa shape index (κ1) is 14.9. The number of fused-ring (bicyclic) bond motifs is 1. The van der Waals surface area contributed by atoms with Gasteiger partial charge >= 0.3 is 6.18 Å². The van der Waals surface area contributed by atoms with Gasteiger partial charge in [-0.3, -0.25) is 4.79 Å². The Hall–Kier alpha value is -2.97. The summed E-state index contributed by atoms with van der Waals surface area (Å²) < 4.78 is 39.4. The Bertz CT molecular complexity index is 887. The van der Waals surface area contributed by atoms with Crippen LogP contribution in [0.5, 0.6) is 0 Å². The summed E-state index contributed by atoms with van der Waals surface area (Å²) in [5.74, 6) is -0.246. The molecule has 0 bridgehead atoms. The number of nitrogens with one attached hydrogen (secondary N) is 1. The summed E-state index contributed by atoms with van der Waals surface area (Å²) in [5.41, 5.74) is -0.199. The minimum atomic E-state index is -4.47. The first-order valence-electron chi connectivity index (χ1n) is 6.50. The molecule has 1 aromatic carbocycles. The lowest BCUT2D eigenvalue weighted by atomic mass is 10.1. The molecule has 0 fully saturated rings. The van der Waals surface area contributed by atoms with Crippen LogP contribution < -0.4 is 5.32 Å². The van der Waals surface area contributed by atoms with Gasteiger partial charge < -0.3 is 5.32 Å². The molecule has 0 radical (unpaired) electrons. The van der Waals surface area contributed by atoms with Crippen molar-refractivity contribution >= 4 is 17.4 Å². The second kappa shape index (κ2) is 5.34. The lowest BCUT2D eigenvalue weighted by Gasteiger charge is -2.10. The third-order valence-corrected chi connectivity index (χ3v) is 3.16. The van der Waals surface area contributed by atoms with Gasteiger partial charge in [-0.2, -0.15) is 23.3 Å². The summed E-state index contributed by atoms with van der Waals surface area (Å²) in [6.07, 6.45) is -1.76. The van der Waals surface area contributed by atoms with Gasteiger partial charge in [-0.25, -0.2) is 9.50 Å². The Balaban J connectivity index is 1.90. The molecule has 0 aliphatic rings. The van der Waals surface area contributed by atoms with Crippen molar-refractivity contribution in [2.45, 2.75) is 13.1 Å². The molecule has 0 aliphatic carbocycles. The predicted molar refractivity (Wildman–Crippen MR) is 74.9 cm³/mol. The summed E-state index contributed by atoms with van der Waals surface area (Å²) in [7, 11) is 0. The van der Waals surface area contributed by atoms with E-state index in [4.69, 9.17) is 0 Å². The molecule has 1 N–H and O–H groups in total. The van der Waals surface area contributed by atoms with Crippen LogP contribution in [0.1, 0.15) is 21.6 Å². The third kappa shape index (κ3) is 2.98. The minimum Gasteiger partial charge on any atom is -0.322 e. The second-order valence-electron chi connectivity index (χ2n) is 4.78. The summed E-state index contributed by atoms with van der Waals surface area (Å²) in [6, 6.07) is 4.41. The molecule has 118 valence electrons. The van der Waals surface area contributed by atoms with Gasteiger partial charge in [0.15, 0.2) is 0 Å². The predicted octanol–water partition coefficient (Wildman–Crippen LogP) is 2.70. The molecule has 3 rings (SSSR count). The highest BCUT2D eigenvalue weighted by Gasteiger charge is 2.30. The van der Waals surface area contributed by atoms with Crippen molar-refractivity contribution in [1.82, 2.24) is 19.6 Å². The molecule has 3 aromatic rings.